The third kappa shape index (κ3) is 2.31. The van der Waals surface area contributed by atoms with Gasteiger partial charge in [-0.15, -0.1) is 0 Å². The van der Waals surface area contributed by atoms with Gasteiger partial charge in [0.25, 0.3) is 0 Å². The first-order valence-corrected chi connectivity index (χ1v) is 5.21. The van der Waals surface area contributed by atoms with E-state index < -0.39 is 0 Å². The van der Waals surface area contributed by atoms with E-state index in [0.29, 0.717) is 5.69 Å². The van der Waals surface area contributed by atoms with E-state index in [9.17, 15) is 0 Å². The number of aryl methyl sites for hydroxylation is 2. The normalized spacial score (nSPS) is 10.1. The lowest BCUT2D eigenvalue weighted by molar-refractivity contribution is 1.29. The molecule has 0 saturated heterocycles. The Hall–Kier alpha value is -2.03. The van der Waals surface area contributed by atoms with Crippen LogP contribution in [0.3, 0.4) is 0 Å². The van der Waals surface area contributed by atoms with Gasteiger partial charge in [-0.2, -0.15) is 0 Å². The second kappa shape index (κ2) is 4.23. The second-order valence-electron chi connectivity index (χ2n) is 3.92. The monoisotopic (exact) mass is 213 g/mol. The molecule has 0 saturated carbocycles. The molecule has 0 aliphatic rings. The largest absolute Gasteiger partial charge is 0.397 e. The highest BCUT2D eigenvalue weighted by molar-refractivity contribution is 5.62. The van der Waals surface area contributed by atoms with Gasteiger partial charge in [-0.1, -0.05) is 12.1 Å². The first-order chi connectivity index (χ1) is 7.65. The van der Waals surface area contributed by atoms with Gasteiger partial charge in [-0.05, 0) is 43.2 Å². The number of nitrogens with zero attached hydrogens (tertiary/aromatic N) is 1. The number of nitrogens with two attached hydrogens (primary N) is 1. The van der Waals surface area contributed by atoms with Crippen molar-refractivity contribution in [2.45, 2.75) is 13.8 Å². The maximum Gasteiger partial charge on any atom is 0.130 e. The molecule has 0 fully saturated rings. The molecule has 1 aromatic heterocycles. The molecule has 0 radical (unpaired) electrons. The van der Waals surface area contributed by atoms with Crippen LogP contribution in [0.4, 0.5) is 17.2 Å². The lowest BCUT2D eigenvalue weighted by Crippen LogP contribution is -1.96. The predicted molar refractivity (Wildman–Crippen MR) is 67.8 cm³/mol. The van der Waals surface area contributed by atoms with Crippen LogP contribution in [0.2, 0.25) is 0 Å². The molecule has 0 aliphatic carbocycles. The molecule has 0 bridgehead atoms. The fraction of sp³-hybridized carbons (Fsp3) is 0.154. The molecular weight excluding hydrogens is 198 g/mol. The fourth-order valence-electron chi connectivity index (χ4n) is 1.49. The average molecular weight is 213 g/mol. The van der Waals surface area contributed by atoms with E-state index in [1.807, 2.05) is 12.1 Å². The summed E-state index contributed by atoms with van der Waals surface area (Å²) in [6.07, 6.45) is 1.65. The Morgan fingerprint density at radius 2 is 1.94 bits per heavy atom. The minimum atomic E-state index is 0.673. The van der Waals surface area contributed by atoms with Crippen LogP contribution in [0.1, 0.15) is 11.1 Å². The summed E-state index contributed by atoms with van der Waals surface area (Å²) in [4.78, 5) is 4.21. The van der Waals surface area contributed by atoms with Crippen molar-refractivity contribution in [3.63, 3.8) is 0 Å². The molecule has 1 heterocycles. The van der Waals surface area contributed by atoms with Gasteiger partial charge >= 0.3 is 0 Å². The van der Waals surface area contributed by atoms with Gasteiger partial charge in [0.05, 0.1) is 11.9 Å². The molecule has 2 aromatic rings. The first kappa shape index (κ1) is 10.5. The van der Waals surface area contributed by atoms with Crippen molar-refractivity contribution in [2.75, 3.05) is 11.1 Å². The van der Waals surface area contributed by atoms with Crippen LogP contribution in [-0.4, -0.2) is 4.98 Å². The third-order valence-corrected chi connectivity index (χ3v) is 2.44. The van der Waals surface area contributed by atoms with Crippen LogP contribution in [0.15, 0.2) is 36.5 Å². The second-order valence-corrected chi connectivity index (χ2v) is 3.92. The Labute approximate surface area is 95.3 Å². The van der Waals surface area contributed by atoms with E-state index in [0.717, 1.165) is 11.5 Å². The van der Waals surface area contributed by atoms with E-state index in [2.05, 4.69) is 42.3 Å². The summed E-state index contributed by atoms with van der Waals surface area (Å²) >= 11 is 0. The van der Waals surface area contributed by atoms with Crippen molar-refractivity contribution in [2.24, 2.45) is 0 Å². The molecule has 0 unspecified atom stereocenters. The molecule has 1 aromatic carbocycles. The first-order valence-electron chi connectivity index (χ1n) is 5.21. The number of rotatable bonds is 2. The molecule has 0 aliphatic heterocycles. The maximum atomic E-state index is 5.58. The van der Waals surface area contributed by atoms with Gasteiger partial charge in [-0.3, -0.25) is 0 Å². The Balaban J connectivity index is 2.26. The van der Waals surface area contributed by atoms with Gasteiger partial charge in [0, 0.05) is 5.69 Å². The third-order valence-electron chi connectivity index (χ3n) is 2.44. The van der Waals surface area contributed by atoms with E-state index in [-0.39, 0.29) is 0 Å². The van der Waals surface area contributed by atoms with Crippen LogP contribution in [0.5, 0.6) is 0 Å². The van der Waals surface area contributed by atoms with E-state index in [4.69, 9.17) is 5.73 Å². The van der Waals surface area contributed by atoms with E-state index in [1.165, 1.54) is 11.1 Å². The van der Waals surface area contributed by atoms with Gasteiger partial charge in [-0.25, -0.2) is 4.98 Å². The zero-order valence-electron chi connectivity index (χ0n) is 9.49. The summed E-state index contributed by atoms with van der Waals surface area (Å²) in [6, 6.07) is 10.00. The zero-order valence-corrected chi connectivity index (χ0v) is 9.49. The zero-order chi connectivity index (χ0) is 11.5. The number of nitrogen functional groups attached to an aromatic ring is 1. The highest BCUT2D eigenvalue weighted by atomic mass is 15.0. The van der Waals surface area contributed by atoms with Crippen LogP contribution < -0.4 is 11.1 Å². The van der Waals surface area contributed by atoms with Crippen molar-refractivity contribution in [1.82, 2.24) is 4.98 Å². The quantitative estimate of drug-likeness (QED) is 0.806. The maximum absolute atomic E-state index is 5.58. The van der Waals surface area contributed by atoms with Crippen LogP contribution in [0.25, 0.3) is 0 Å². The summed E-state index contributed by atoms with van der Waals surface area (Å²) in [5, 5.41) is 3.27. The number of pyridine rings is 1. The van der Waals surface area contributed by atoms with Gasteiger partial charge in [0.15, 0.2) is 0 Å². The summed E-state index contributed by atoms with van der Waals surface area (Å²) in [5.74, 6) is 0.808. The molecule has 0 amide bonds. The lowest BCUT2D eigenvalue weighted by Gasteiger charge is -2.09. The number of hydrogen-bond acceptors (Lipinski definition) is 3. The SMILES string of the molecule is Cc1ccc(C)c(Nc2ccc(N)cn2)c1. The number of nitrogens with one attached hydrogen (secondary N) is 1. The molecule has 0 atom stereocenters. The molecule has 0 spiro atoms. The van der Waals surface area contributed by atoms with Crippen molar-refractivity contribution in [1.29, 1.82) is 0 Å². The summed E-state index contributed by atoms with van der Waals surface area (Å²) in [6.45, 7) is 4.14. The highest BCUT2D eigenvalue weighted by Crippen LogP contribution is 2.20. The number of benzene rings is 1. The number of anilines is 3. The van der Waals surface area contributed by atoms with Crippen LogP contribution in [-0.2, 0) is 0 Å². The summed E-state index contributed by atoms with van der Waals surface area (Å²) < 4.78 is 0. The number of aromatic nitrogens is 1. The molecule has 16 heavy (non-hydrogen) atoms. The minimum Gasteiger partial charge on any atom is -0.397 e. The summed E-state index contributed by atoms with van der Waals surface area (Å²) in [5.41, 5.74) is 9.76. The lowest BCUT2D eigenvalue weighted by atomic mass is 10.1. The Morgan fingerprint density at radius 3 is 2.62 bits per heavy atom. The summed E-state index contributed by atoms with van der Waals surface area (Å²) in [7, 11) is 0. The average Bonchev–Trinajstić information content (AvgIpc) is 2.27. The van der Waals surface area contributed by atoms with Gasteiger partial charge in [0.2, 0.25) is 0 Å². The molecule has 2 rings (SSSR count). The minimum absolute atomic E-state index is 0.673. The van der Waals surface area contributed by atoms with Crippen LogP contribution >= 0.6 is 0 Å². The molecule has 3 heteroatoms. The van der Waals surface area contributed by atoms with Crippen molar-refractivity contribution in [3.8, 4) is 0 Å². The highest BCUT2D eigenvalue weighted by Gasteiger charge is 1.99. The molecule has 82 valence electrons. The Morgan fingerprint density at radius 1 is 1.12 bits per heavy atom. The van der Waals surface area contributed by atoms with Gasteiger partial charge in [0.1, 0.15) is 5.82 Å². The van der Waals surface area contributed by atoms with Crippen molar-refractivity contribution in [3.05, 3.63) is 47.7 Å². The van der Waals surface area contributed by atoms with E-state index in [1.54, 1.807) is 6.20 Å². The Kier molecular flexibility index (Phi) is 2.77. The standard InChI is InChI=1S/C13H15N3/c1-9-3-4-10(2)12(7-9)16-13-6-5-11(14)8-15-13/h3-8H,14H2,1-2H3,(H,15,16). The van der Waals surface area contributed by atoms with Gasteiger partial charge < -0.3 is 11.1 Å². The number of hydrogen-bond donors (Lipinski definition) is 2. The topological polar surface area (TPSA) is 50.9 Å². The van der Waals surface area contributed by atoms with Crippen molar-refractivity contribution >= 4 is 17.2 Å². The van der Waals surface area contributed by atoms with E-state index >= 15 is 0 Å². The van der Waals surface area contributed by atoms with Crippen molar-refractivity contribution < 1.29 is 0 Å². The Bertz CT molecular complexity index is 489. The smallest absolute Gasteiger partial charge is 0.130 e. The predicted octanol–water partition coefficient (Wildman–Crippen LogP) is 3.02. The molecule has 3 N–H and O–H groups in total. The van der Waals surface area contributed by atoms with Crippen LogP contribution in [0, 0.1) is 13.8 Å². The fourth-order valence-corrected chi connectivity index (χ4v) is 1.49. The molecular formula is C13H15N3. The molecule has 3 nitrogen and oxygen atoms in total.